The molecule has 0 fully saturated rings. The van der Waals surface area contributed by atoms with E-state index in [0.717, 1.165) is 0 Å². The molecule has 70 valence electrons. The Bertz CT molecular complexity index is 318. The maximum atomic E-state index is 10.4. The lowest BCUT2D eigenvalue weighted by molar-refractivity contribution is -0.137. The molecule has 1 aromatic heterocycles. The van der Waals surface area contributed by atoms with Gasteiger partial charge < -0.3 is 10.4 Å². The summed E-state index contributed by atoms with van der Waals surface area (Å²) in [5, 5.41) is 11.4. The zero-order chi connectivity index (χ0) is 9.84. The molecular formula is C7H8ClN3O2. The highest BCUT2D eigenvalue weighted by atomic mass is 35.5. The number of aliphatic carboxylic acids is 1. The van der Waals surface area contributed by atoms with Gasteiger partial charge in [0.25, 0.3) is 0 Å². The van der Waals surface area contributed by atoms with Crippen molar-refractivity contribution in [2.45, 2.75) is 13.0 Å². The number of aromatic nitrogens is 2. The minimum Gasteiger partial charge on any atom is -0.480 e. The van der Waals surface area contributed by atoms with Gasteiger partial charge >= 0.3 is 5.97 Å². The van der Waals surface area contributed by atoms with Gasteiger partial charge in [0, 0.05) is 0 Å². The molecule has 0 aliphatic carbocycles. The van der Waals surface area contributed by atoms with Gasteiger partial charge in [0.1, 0.15) is 17.0 Å². The van der Waals surface area contributed by atoms with Crippen LogP contribution >= 0.6 is 11.6 Å². The van der Waals surface area contributed by atoms with Gasteiger partial charge in [-0.05, 0) is 6.92 Å². The largest absolute Gasteiger partial charge is 0.480 e. The maximum absolute atomic E-state index is 10.4. The highest BCUT2D eigenvalue weighted by Crippen LogP contribution is 2.07. The molecule has 1 atom stereocenters. The van der Waals surface area contributed by atoms with E-state index in [-0.39, 0.29) is 5.15 Å². The van der Waals surface area contributed by atoms with E-state index >= 15 is 0 Å². The van der Waals surface area contributed by atoms with Crippen molar-refractivity contribution in [3.63, 3.8) is 0 Å². The monoisotopic (exact) mass is 201 g/mol. The van der Waals surface area contributed by atoms with Crippen LogP contribution in [0.2, 0.25) is 5.15 Å². The number of carbonyl (C=O) groups is 1. The average Bonchev–Trinajstić information content (AvgIpc) is 2.04. The SMILES string of the molecule is C[C@@H](Nc1cncc(Cl)n1)C(=O)O. The van der Waals surface area contributed by atoms with Crippen molar-refractivity contribution in [3.8, 4) is 0 Å². The Balaban J connectivity index is 2.69. The van der Waals surface area contributed by atoms with Crippen LogP contribution in [0.15, 0.2) is 12.4 Å². The molecule has 0 bridgehead atoms. The van der Waals surface area contributed by atoms with Gasteiger partial charge in [-0.2, -0.15) is 0 Å². The van der Waals surface area contributed by atoms with Crippen LogP contribution in [-0.4, -0.2) is 27.1 Å². The third-order valence-electron chi connectivity index (χ3n) is 1.34. The number of halogens is 1. The molecule has 0 saturated heterocycles. The smallest absolute Gasteiger partial charge is 0.325 e. The van der Waals surface area contributed by atoms with Crippen LogP contribution in [-0.2, 0) is 4.79 Å². The third-order valence-corrected chi connectivity index (χ3v) is 1.52. The van der Waals surface area contributed by atoms with E-state index in [4.69, 9.17) is 16.7 Å². The standard InChI is InChI=1S/C7H8ClN3O2/c1-4(7(12)13)10-6-3-9-2-5(8)11-6/h2-4H,1H3,(H,10,11)(H,12,13)/t4-/m1/s1. The van der Waals surface area contributed by atoms with Crippen LogP contribution < -0.4 is 5.32 Å². The summed E-state index contributed by atoms with van der Waals surface area (Å²) in [4.78, 5) is 18.0. The molecular weight excluding hydrogens is 194 g/mol. The second kappa shape index (κ2) is 4.04. The van der Waals surface area contributed by atoms with Crippen molar-refractivity contribution in [1.29, 1.82) is 0 Å². The maximum Gasteiger partial charge on any atom is 0.325 e. The normalized spacial score (nSPS) is 12.2. The number of anilines is 1. The third kappa shape index (κ3) is 2.87. The first-order valence-electron chi connectivity index (χ1n) is 3.56. The molecule has 1 heterocycles. The summed E-state index contributed by atoms with van der Waals surface area (Å²) in [6.07, 6.45) is 2.78. The first-order valence-corrected chi connectivity index (χ1v) is 3.94. The number of carboxylic acid groups (broad SMARTS) is 1. The van der Waals surface area contributed by atoms with Gasteiger partial charge in [0.05, 0.1) is 12.4 Å². The van der Waals surface area contributed by atoms with E-state index in [9.17, 15) is 4.79 Å². The Kier molecular flexibility index (Phi) is 3.02. The molecule has 13 heavy (non-hydrogen) atoms. The van der Waals surface area contributed by atoms with Crippen LogP contribution in [0.5, 0.6) is 0 Å². The van der Waals surface area contributed by atoms with Gasteiger partial charge in [-0.15, -0.1) is 0 Å². The summed E-state index contributed by atoms with van der Waals surface area (Å²) < 4.78 is 0. The summed E-state index contributed by atoms with van der Waals surface area (Å²) in [5.74, 6) is -0.607. The van der Waals surface area contributed by atoms with Gasteiger partial charge in [0.15, 0.2) is 0 Å². The highest BCUT2D eigenvalue weighted by molar-refractivity contribution is 6.29. The Morgan fingerprint density at radius 1 is 1.69 bits per heavy atom. The number of carboxylic acids is 1. The average molecular weight is 202 g/mol. The lowest BCUT2D eigenvalue weighted by atomic mass is 10.3. The lowest BCUT2D eigenvalue weighted by Crippen LogP contribution is -2.25. The minimum atomic E-state index is -0.957. The zero-order valence-electron chi connectivity index (χ0n) is 6.86. The Hall–Kier alpha value is -1.36. The lowest BCUT2D eigenvalue weighted by Gasteiger charge is -2.08. The fraction of sp³-hybridized carbons (Fsp3) is 0.286. The minimum absolute atomic E-state index is 0.225. The topological polar surface area (TPSA) is 75.1 Å². The number of nitrogens with zero attached hydrogens (tertiary/aromatic N) is 2. The van der Waals surface area contributed by atoms with Gasteiger partial charge in [-0.1, -0.05) is 11.6 Å². The van der Waals surface area contributed by atoms with Crippen LogP contribution in [0, 0.1) is 0 Å². The molecule has 0 aliphatic rings. The summed E-state index contributed by atoms with van der Waals surface area (Å²) >= 11 is 5.55. The fourth-order valence-electron chi connectivity index (χ4n) is 0.695. The summed E-state index contributed by atoms with van der Waals surface area (Å²) in [6.45, 7) is 1.50. The Labute approximate surface area is 79.8 Å². The molecule has 0 amide bonds. The Morgan fingerprint density at radius 3 is 2.92 bits per heavy atom. The van der Waals surface area contributed by atoms with Crippen molar-refractivity contribution in [2.24, 2.45) is 0 Å². The van der Waals surface area contributed by atoms with Crippen LogP contribution in [0.3, 0.4) is 0 Å². The molecule has 0 saturated carbocycles. The second-order valence-corrected chi connectivity index (χ2v) is 2.82. The van der Waals surface area contributed by atoms with Crippen molar-refractivity contribution >= 4 is 23.4 Å². The number of rotatable bonds is 3. The van der Waals surface area contributed by atoms with Crippen LogP contribution in [0.25, 0.3) is 0 Å². The molecule has 0 unspecified atom stereocenters. The molecule has 0 aliphatic heterocycles. The van der Waals surface area contributed by atoms with Crippen molar-refractivity contribution in [1.82, 2.24) is 9.97 Å². The fourth-order valence-corrected chi connectivity index (χ4v) is 0.843. The van der Waals surface area contributed by atoms with E-state index in [1.807, 2.05) is 0 Å². The molecule has 5 nitrogen and oxygen atoms in total. The van der Waals surface area contributed by atoms with Gasteiger partial charge in [-0.3, -0.25) is 9.78 Å². The summed E-state index contributed by atoms with van der Waals surface area (Å²) in [6, 6.07) is -0.715. The summed E-state index contributed by atoms with van der Waals surface area (Å²) in [7, 11) is 0. The molecule has 2 N–H and O–H groups in total. The van der Waals surface area contributed by atoms with E-state index in [1.165, 1.54) is 19.3 Å². The molecule has 0 aromatic carbocycles. The quantitative estimate of drug-likeness (QED) is 0.764. The van der Waals surface area contributed by atoms with Crippen molar-refractivity contribution in [2.75, 3.05) is 5.32 Å². The van der Waals surface area contributed by atoms with Crippen molar-refractivity contribution in [3.05, 3.63) is 17.5 Å². The number of nitrogens with one attached hydrogen (secondary N) is 1. The molecule has 1 rings (SSSR count). The number of hydrogen-bond donors (Lipinski definition) is 2. The van der Waals surface area contributed by atoms with E-state index < -0.39 is 12.0 Å². The van der Waals surface area contributed by atoms with Gasteiger partial charge in [0.2, 0.25) is 0 Å². The zero-order valence-corrected chi connectivity index (χ0v) is 7.62. The van der Waals surface area contributed by atoms with E-state index in [2.05, 4.69) is 15.3 Å². The van der Waals surface area contributed by atoms with E-state index in [1.54, 1.807) is 0 Å². The number of hydrogen-bond acceptors (Lipinski definition) is 4. The molecule has 0 radical (unpaired) electrons. The predicted octanol–water partition coefficient (Wildman–Crippen LogP) is 1.01. The highest BCUT2D eigenvalue weighted by Gasteiger charge is 2.10. The van der Waals surface area contributed by atoms with Gasteiger partial charge in [-0.25, -0.2) is 4.98 Å². The first-order chi connectivity index (χ1) is 6.09. The predicted molar refractivity (Wildman–Crippen MR) is 47.8 cm³/mol. The second-order valence-electron chi connectivity index (χ2n) is 2.43. The van der Waals surface area contributed by atoms with E-state index in [0.29, 0.717) is 5.82 Å². The molecule has 6 heteroatoms. The van der Waals surface area contributed by atoms with Crippen LogP contribution in [0.4, 0.5) is 5.82 Å². The Morgan fingerprint density at radius 2 is 2.38 bits per heavy atom. The van der Waals surface area contributed by atoms with Crippen molar-refractivity contribution < 1.29 is 9.90 Å². The van der Waals surface area contributed by atoms with Crippen LogP contribution in [0.1, 0.15) is 6.92 Å². The first kappa shape index (κ1) is 9.73. The molecule has 0 spiro atoms. The summed E-state index contributed by atoms with van der Waals surface area (Å²) in [5.41, 5.74) is 0. The molecule has 1 aromatic rings.